The first-order valence-electron chi connectivity index (χ1n) is 6.22. The third-order valence-corrected chi connectivity index (χ3v) is 4.46. The maximum atomic E-state index is 6.01. The Hall–Kier alpha value is -1.17. The predicted octanol–water partition coefficient (Wildman–Crippen LogP) is 5.20. The lowest BCUT2D eigenvalue weighted by molar-refractivity contribution is 0.953. The molecule has 3 aromatic rings. The lowest BCUT2D eigenvalue weighted by Gasteiger charge is -2.10. The molecular formula is C15H10Br2ClN3. The molecule has 0 saturated heterocycles. The van der Waals surface area contributed by atoms with Crippen LogP contribution in [-0.2, 0) is 5.88 Å². The van der Waals surface area contributed by atoms with Gasteiger partial charge < -0.3 is 0 Å². The van der Waals surface area contributed by atoms with Crippen molar-refractivity contribution in [3.05, 3.63) is 63.3 Å². The summed E-state index contributed by atoms with van der Waals surface area (Å²) in [6.07, 6.45) is 0. The molecule has 1 aromatic heterocycles. The van der Waals surface area contributed by atoms with Crippen LogP contribution in [0.4, 0.5) is 0 Å². The molecule has 3 rings (SSSR count). The molecule has 0 unspecified atom stereocenters. The van der Waals surface area contributed by atoms with Crippen LogP contribution in [0.3, 0.4) is 0 Å². The smallest absolute Gasteiger partial charge is 0.169 e. The molecular weight excluding hydrogens is 417 g/mol. The normalized spacial score (nSPS) is 10.8. The van der Waals surface area contributed by atoms with E-state index in [9.17, 15) is 0 Å². The molecule has 21 heavy (non-hydrogen) atoms. The van der Waals surface area contributed by atoms with Gasteiger partial charge >= 0.3 is 0 Å². The molecule has 2 aromatic carbocycles. The van der Waals surface area contributed by atoms with Gasteiger partial charge in [0.05, 0.1) is 5.88 Å². The van der Waals surface area contributed by atoms with Crippen molar-refractivity contribution >= 4 is 43.5 Å². The average molecular weight is 428 g/mol. The Morgan fingerprint density at radius 3 is 2.48 bits per heavy atom. The Bertz CT molecular complexity index is 772. The van der Waals surface area contributed by atoms with Gasteiger partial charge in [0.1, 0.15) is 0 Å². The summed E-state index contributed by atoms with van der Waals surface area (Å²) in [6, 6.07) is 15.9. The number of benzene rings is 2. The summed E-state index contributed by atoms with van der Waals surface area (Å²) in [7, 11) is 0. The molecule has 0 saturated carbocycles. The highest BCUT2D eigenvalue weighted by Crippen LogP contribution is 2.32. The minimum Gasteiger partial charge on any atom is -0.278 e. The zero-order valence-corrected chi connectivity index (χ0v) is 14.7. The van der Waals surface area contributed by atoms with Gasteiger partial charge in [-0.2, -0.15) is 0 Å². The number of aromatic nitrogens is 3. The Labute approximate surface area is 144 Å². The largest absolute Gasteiger partial charge is 0.278 e. The van der Waals surface area contributed by atoms with Gasteiger partial charge in [-0.3, -0.25) is 4.57 Å². The van der Waals surface area contributed by atoms with E-state index < -0.39 is 0 Å². The maximum Gasteiger partial charge on any atom is 0.169 e. The van der Waals surface area contributed by atoms with Crippen molar-refractivity contribution in [3.8, 4) is 17.1 Å². The summed E-state index contributed by atoms with van der Waals surface area (Å²) < 4.78 is 3.91. The first-order valence-corrected chi connectivity index (χ1v) is 8.34. The maximum absolute atomic E-state index is 6.01. The van der Waals surface area contributed by atoms with Gasteiger partial charge in [-0.15, -0.1) is 21.8 Å². The Balaban J connectivity index is 2.25. The summed E-state index contributed by atoms with van der Waals surface area (Å²) in [5.41, 5.74) is 1.94. The molecule has 0 N–H and O–H groups in total. The van der Waals surface area contributed by atoms with E-state index in [-0.39, 0.29) is 0 Å². The third-order valence-electron chi connectivity index (χ3n) is 3.03. The molecule has 0 aliphatic rings. The van der Waals surface area contributed by atoms with Crippen molar-refractivity contribution in [2.24, 2.45) is 0 Å². The lowest BCUT2D eigenvalue weighted by atomic mass is 10.2. The molecule has 106 valence electrons. The van der Waals surface area contributed by atoms with E-state index in [1.54, 1.807) is 0 Å². The third kappa shape index (κ3) is 2.91. The molecule has 0 spiro atoms. The molecule has 3 nitrogen and oxygen atoms in total. The van der Waals surface area contributed by atoms with E-state index >= 15 is 0 Å². The molecule has 0 aliphatic carbocycles. The highest BCUT2D eigenvalue weighted by molar-refractivity contribution is 9.11. The van der Waals surface area contributed by atoms with E-state index in [0.717, 1.165) is 26.0 Å². The Morgan fingerprint density at radius 1 is 1.00 bits per heavy atom. The second kappa shape index (κ2) is 6.30. The zero-order valence-electron chi connectivity index (χ0n) is 10.8. The van der Waals surface area contributed by atoms with Gasteiger partial charge in [0.2, 0.25) is 0 Å². The van der Waals surface area contributed by atoms with Gasteiger partial charge in [-0.25, -0.2) is 0 Å². The summed E-state index contributed by atoms with van der Waals surface area (Å²) in [4.78, 5) is 0. The van der Waals surface area contributed by atoms with Crippen LogP contribution in [0, 0.1) is 0 Å². The SMILES string of the molecule is ClCc1nnc(-c2cc(Br)ccc2Br)n1-c1ccccc1. The molecule has 0 aliphatic heterocycles. The fourth-order valence-electron chi connectivity index (χ4n) is 2.09. The van der Waals surface area contributed by atoms with Gasteiger partial charge in [0.15, 0.2) is 11.6 Å². The molecule has 0 atom stereocenters. The van der Waals surface area contributed by atoms with E-state index in [4.69, 9.17) is 11.6 Å². The fraction of sp³-hybridized carbons (Fsp3) is 0.0667. The fourth-order valence-corrected chi connectivity index (χ4v) is 3.05. The van der Waals surface area contributed by atoms with E-state index in [2.05, 4.69) is 42.1 Å². The van der Waals surface area contributed by atoms with Crippen molar-refractivity contribution in [3.63, 3.8) is 0 Å². The number of hydrogen-bond acceptors (Lipinski definition) is 2. The topological polar surface area (TPSA) is 30.7 Å². The van der Waals surface area contributed by atoms with Crippen molar-refractivity contribution < 1.29 is 0 Å². The minimum absolute atomic E-state index is 0.299. The summed E-state index contributed by atoms with van der Waals surface area (Å²) in [5.74, 6) is 1.77. The Morgan fingerprint density at radius 2 is 1.76 bits per heavy atom. The van der Waals surface area contributed by atoms with Crippen LogP contribution in [0.2, 0.25) is 0 Å². The molecule has 6 heteroatoms. The van der Waals surface area contributed by atoms with Gasteiger partial charge in [0.25, 0.3) is 0 Å². The van der Waals surface area contributed by atoms with Crippen molar-refractivity contribution in [1.29, 1.82) is 0 Å². The van der Waals surface area contributed by atoms with Crippen LogP contribution in [-0.4, -0.2) is 14.8 Å². The first-order chi connectivity index (χ1) is 10.2. The molecule has 0 radical (unpaired) electrons. The summed E-state index contributed by atoms with van der Waals surface area (Å²) >= 11 is 13.1. The number of hydrogen-bond donors (Lipinski definition) is 0. The van der Waals surface area contributed by atoms with E-state index in [1.807, 2.05) is 53.1 Å². The number of rotatable bonds is 3. The van der Waals surface area contributed by atoms with E-state index in [1.165, 1.54) is 0 Å². The second-order valence-corrected chi connectivity index (χ2v) is 6.41. The van der Waals surface area contributed by atoms with Crippen LogP contribution in [0.15, 0.2) is 57.5 Å². The van der Waals surface area contributed by atoms with Crippen molar-refractivity contribution in [2.45, 2.75) is 5.88 Å². The molecule has 1 heterocycles. The number of nitrogens with zero attached hydrogens (tertiary/aromatic N) is 3. The standard InChI is InChI=1S/C15H10Br2ClN3/c16-10-6-7-13(17)12(8-10)15-20-19-14(9-18)21(15)11-4-2-1-3-5-11/h1-8H,9H2. The predicted molar refractivity (Wildman–Crippen MR) is 91.8 cm³/mol. The summed E-state index contributed by atoms with van der Waals surface area (Å²) in [5, 5.41) is 8.52. The molecule has 0 amide bonds. The van der Waals surface area contributed by atoms with Crippen LogP contribution in [0.25, 0.3) is 17.1 Å². The van der Waals surface area contributed by atoms with Crippen LogP contribution < -0.4 is 0 Å². The van der Waals surface area contributed by atoms with Gasteiger partial charge in [-0.1, -0.05) is 50.1 Å². The first kappa shape index (κ1) is 14.8. The summed E-state index contributed by atoms with van der Waals surface area (Å²) in [6.45, 7) is 0. The lowest BCUT2D eigenvalue weighted by Crippen LogP contribution is -2.01. The average Bonchev–Trinajstić information content (AvgIpc) is 2.94. The number of alkyl halides is 1. The number of para-hydroxylation sites is 1. The van der Waals surface area contributed by atoms with E-state index in [0.29, 0.717) is 11.7 Å². The Kier molecular flexibility index (Phi) is 4.42. The van der Waals surface area contributed by atoms with Crippen LogP contribution >= 0.6 is 43.5 Å². The van der Waals surface area contributed by atoms with Crippen LogP contribution in [0.5, 0.6) is 0 Å². The highest BCUT2D eigenvalue weighted by Gasteiger charge is 2.17. The quantitative estimate of drug-likeness (QED) is 0.538. The van der Waals surface area contributed by atoms with Crippen molar-refractivity contribution in [2.75, 3.05) is 0 Å². The molecule has 0 bridgehead atoms. The molecule has 0 fully saturated rings. The highest BCUT2D eigenvalue weighted by atomic mass is 79.9. The van der Waals surface area contributed by atoms with Gasteiger partial charge in [0, 0.05) is 20.2 Å². The van der Waals surface area contributed by atoms with Gasteiger partial charge in [-0.05, 0) is 30.3 Å². The minimum atomic E-state index is 0.299. The number of halogens is 3. The second-order valence-electron chi connectivity index (χ2n) is 4.37. The van der Waals surface area contributed by atoms with Crippen molar-refractivity contribution in [1.82, 2.24) is 14.8 Å². The van der Waals surface area contributed by atoms with Crippen LogP contribution in [0.1, 0.15) is 5.82 Å². The monoisotopic (exact) mass is 425 g/mol. The zero-order chi connectivity index (χ0) is 14.8.